The second-order valence-electron chi connectivity index (χ2n) is 9.86. The van der Waals surface area contributed by atoms with Gasteiger partial charge in [0.15, 0.2) is 0 Å². The molecule has 0 N–H and O–H groups in total. The quantitative estimate of drug-likeness (QED) is 0.183. The average Bonchev–Trinajstić information content (AvgIpc) is 3.88. The molecule has 0 saturated heterocycles. The van der Waals surface area contributed by atoms with Crippen molar-refractivity contribution in [2.75, 3.05) is 0 Å². The van der Waals surface area contributed by atoms with Gasteiger partial charge in [0.2, 0.25) is 0 Å². The van der Waals surface area contributed by atoms with Crippen LogP contribution in [0.15, 0.2) is 55.7 Å². The van der Waals surface area contributed by atoms with E-state index in [4.69, 9.17) is 6.42 Å². The number of hydrogen-bond acceptors (Lipinski definition) is 0. The lowest BCUT2D eigenvalue weighted by Gasteiger charge is -2.32. The van der Waals surface area contributed by atoms with Gasteiger partial charge in [-0.2, -0.15) is 0 Å². The average molecular weight is 601 g/mol. The highest BCUT2D eigenvalue weighted by molar-refractivity contribution is 5.65. The molecule has 0 amide bonds. The van der Waals surface area contributed by atoms with Crippen molar-refractivity contribution < 1.29 is 0 Å². The van der Waals surface area contributed by atoms with Crippen LogP contribution < -0.4 is 0 Å². The molecule has 0 spiro atoms. The Kier molecular flexibility index (Phi) is 65.5. The number of allylic oxidation sites excluding steroid dienone is 4. The summed E-state index contributed by atoms with van der Waals surface area (Å²) in [4.78, 5) is 0. The Balaban J connectivity index is -0.0000000758. The van der Waals surface area contributed by atoms with Gasteiger partial charge in [0.1, 0.15) is 0 Å². The van der Waals surface area contributed by atoms with E-state index in [2.05, 4.69) is 84.9 Å². The van der Waals surface area contributed by atoms with Crippen molar-refractivity contribution in [2.24, 2.45) is 17.3 Å². The van der Waals surface area contributed by atoms with Gasteiger partial charge in [-0.1, -0.05) is 192 Å². The van der Waals surface area contributed by atoms with Gasteiger partial charge in [-0.25, -0.2) is 0 Å². The van der Waals surface area contributed by atoms with Crippen molar-refractivity contribution in [1.82, 2.24) is 0 Å². The maximum absolute atomic E-state index is 4.82. The Bertz CT molecular complexity index is 664. The zero-order chi connectivity index (χ0) is 35.7. The Hall–Kier alpha value is -2.00. The lowest BCUT2D eigenvalue weighted by Crippen LogP contribution is -2.19. The van der Waals surface area contributed by atoms with Crippen LogP contribution in [0.4, 0.5) is 0 Å². The second kappa shape index (κ2) is 49.7. The third kappa shape index (κ3) is 50.0. The van der Waals surface area contributed by atoms with Crippen LogP contribution >= 0.6 is 0 Å². The van der Waals surface area contributed by atoms with Crippen molar-refractivity contribution in [3.8, 4) is 12.3 Å². The van der Waals surface area contributed by atoms with Crippen LogP contribution in [0.25, 0.3) is 5.57 Å². The smallest absolute Gasteiger partial charge is 0.0264 e. The van der Waals surface area contributed by atoms with Crippen molar-refractivity contribution in [2.45, 2.75) is 176 Å². The van der Waals surface area contributed by atoms with Crippen molar-refractivity contribution >= 4 is 5.57 Å². The van der Waals surface area contributed by atoms with E-state index in [9.17, 15) is 0 Å². The maximum Gasteiger partial charge on any atom is 0.0264 e. The third-order valence-corrected chi connectivity index (χ3v) is 5.94. The van der Waals surface area contributed by atoms with Crippen LogP contribution in [0.3, 0.4) is 0 Å². The molecular formula is C43H84. The van der Waals surface area contributed by atoms with E-state index < -0.39 is 0 Å². The minimum Gasteiger partial charge on any atom is -0.120 e. The van der Waals surface area contributed by atoms with Gasteiger partial charge in [-0.05, 0) is 60.1 Å². The summed E-state index contributed by atoms with van der Waals surface area (Å²) in [6.07, 6.45) is 20.9. The van der Waals surface area contributed by atoms with Gasteiger partial charge in [0.05, 0.1) is 0 Å². The van der Waals surface area contributed by atoms with Crippen LogP contribution in [0.1, 0.15) is 181 Å². The van der Waals surface area contributed by atoms with E-state index in [-0.39, 0.29) is 0 Å². The first-order valence-corrected chi connectivity index (χ1v) is 18.1. The van der Waals surface area contributed by atoms with Crippen LogP contribution in [0.5, 0.6) is 0 Å². The van der Waals surface area contributed by atoms with E-state index in [0.29, 0.717) is 11.8 Å². The zero-order valence-corrected chi connectivity index (χ0v) is 33.3. The molecule has 2 aliphatic rings. The van der Waals surface area contributed by atoms with Gasteiger partial charge in [0.25, 0.3) is 0 Å². The fourth-order valence-electron chi connectivity index (χ4n) is 3.07. The van der Waals surface area contributed by atoms with Gasteiger partial charge in [0, 0.05) is 6.42 Å². The van der Waals surface area contributed by atoms with E-state index in [1.807, 2.05) is 95.2 Å². The molecule has 0 aromatic heterocycles. The highest BCUT2D eigenvalue weighted by atomic mass is 14.3. The molecule has 0 nitrogen and oxygen atoms in total. The molecule has 0 radical (unpaired) electrons. The molecule has 1 aromatic rings. The molecule has 1 aromatic carbocycles. The molecule has 0 bridgehead atoms. The van der Waals surface area contributed by atoms with Gasteiger partial charge in [-0.3, -0.25) is 0 Å². The minimum atomic E-state index is 0.659. The number of aryl methyl sites for hydroxylation is 1. The first-order valence-electron chi connectivity index (χ1n) is 18.1. The monoisotopic (exact) mass is 601 g/mol. The highest BCUT2D eigenvalue weighted by Gasteiger charge is 2.23. The summed E-state index contributed by atoms with van der Waals surface area (Å²) in [5, 5.41) is 0. The summed E-state index contributed by atoms with van der Waals surface area (Å²) in [5.74, 6) is 4.48. The van der Waals surface area contributed by atoms with Crippen molar-refractivity contribution in [1.29, 1.82) is 0 Å². The lowest BCUT2D eigenvalue weighted by atomic mass is 9.74. The molecule has 0 heteroatoms. The summed E-state index contributed by atoms with van der Waals surface area (Å²) in [5.41, 5.74) is 4.58. The molecular weight excluding hydrogens is 516 g/mol. The molecule has 2 fully saturated rings. The summed E-state index contributed by atoms with van der Waals surface area (Å²) < 4.78 is 0. The number of rotatable bonds is 4. The van der Waals surface area contributed by atoms with Gasteiger partial charge >= 0.3 is 0 Å². The summed E-state index contributed by atoms with van der Waals surface area (Å²) in [6, 6.07) is 8.67. The fraction of sp³-hybridized carbons (Fsp3) is 0.674. The molecule has 2 saturated carbocycles. The fourth-order valence-corrected chi connectivity index (χ4v) is 3.07. The standard InChI is InChI=1S/C13H16.C9H18.C5H6.C4H8.6C2H6/c1-4-6-11(3)13-9-7-12(5-2)8-10-13;1-8-4-6-9(2,3)7-5-8;1-3-5-4-2;1-4-2-3-4;6*1-2/h4,6-10H,1,5H2,2-3H3;8H,4-7H2,1-3H3;1,4H,2,5H2;4H,2-3H2,1H3;6*1-2H3/b11-6+;;;;;;;;;. The third-order valence-electron chi connectivity index (χ3n) is 5.94. The van der Waals surface area contributed by atoms with Crippen molar-refractivity contribution in [3.05, 3.63) is 66.8 Å². The molecule has 0 heterocycles. The maximum atomic E-state index is 4.82. The summed E-state index contributed by atoms with van der Waals surface area (Å²) in [6.45, 7) is 44.8. The number of terminal acetylenes is 1. The molecule has 0 unspecified atom stereocenters. The molecule has 3 rings (SSSR count). The predicted molar refractivity (Wildman–Crippen MR) is 211 cm³/mol. The highest BCUT2D eigenvalue weighted by Crippen LogP contribution is 2.37. The largest absolute Gasteiger partial charge is 0.120 e. The predicted octanol–water partition coefficient (Wildman–Crippen LogP) is 15.8. The van der Waals surface area contributed by atoms with Crippen LogP contribution in [0, 0.1) is 29.6 Å². The van der Waals surface area contributed by atoms with E-state index >= 15 is 0 Å². The van der Waals surface area contributed by atoms with E-state index in [1.54, 1.807) is 6.08 Å². The number of benzene rings is 1. The Morgan fingerprint density at radius 3 is 1.35 bits per heavy atom. The summed E-state index contributed by atoms with van der Waals surface area (Å²) in [7, 11) is 0. The van der Waals surface area contributed by atoms with Crippen LogP contribution in [-0.2, 0) is 6.42 Å². The van der Waals surface area contributed by atoms with Gasteiger partial charge < -0.3 is 0 Å². The second-order valence-corrected chi connectivity index (χ2v) is 9.86. The molecule has 2 aliphatic carbocycles. The zero-order valence-electron chi connectivity index (χ0n) is 33.3. The van der Waals surface area contributed by atoms with Crippen LogP contribution in [0.2, 0.25) is 0 Å². The SMILES string of the molecule is C#CCC=C.C=C/C=C(\C)c1ccc(CC)cc1.CC.CC.CC.CC.CC.CC.CC1CC1.CC1CCC(C)(C)CC1. The summed E-state index contributed by atoms with van der Waals surface area (Å²) >= 11 is 0. The Morgan fingerprint density at radius 1 is 0.767 bits per heavy atom. The molecule has 0 aliphatic heterocycles. The topological polar surface area (TPSA) is 0 Å². The van der Waals surface area contributed by atoms with Crippen LogP contribution in [-0.4, -0.2) is 0 Å². The van der Waals surface area contributed by atoms with Crippen molar-refractivity contribution in [3.63, 3.8) is 0 Å². The minimum absolute atomic E-state index is 0.659. The lowest BCUT2D eigenvalue weighted by molar-refractivity contribution is 0.201. The van der Waals surface area contributed by atoms with E-state index in [0.717, 1.165) is 18.3 Å². The molecule has 43 heavy (non-hydrogen) atoms. The number of hydrogen-bond donors (Lipinski definition) is 0. The Labute approximate surface area is 277 Å². The molecule has 256 valence electrons. The first kappa shape index (κ1) is 56.7. The first-order chi connectivity index (χ1) is 20.7. The normalized spacial score (nSPS) is 13.3. The molecule has 0 atom stereocenters. The Morgan fingerprint density at radius 2 is 1.14 bits per heavy atom. The van der Waals surface area contributed by atoms with E-state index in [1.165, 1.54) is 55.2 Å². The van der Waals surface area contributed by atoms with Gasteiger partial charge in [-0.15, -0.1) is 18.9 Å².